The summed E-state index contributed by atoms with van der Waals surface area (Å²) in [4.78, 5) is 0. The van der Waals surface area contributed by atoms with Gasteiger partial charge in [0.15, 0.2) is 0 Å². The van der Waals surface area contributed by atoms with Crippen molar-refractivity contribution in [2.75, 3.05) is 0 Å². The average molecular weight is 288 g/mol. The third kappa shape index (κ3) is 2.70. The van der Waals surface area contributed by atoms with E-state index in [1.807, 2.05) is 0 Å². The Hall–Kier alpha value is -1.02. The van der Waals surface area contributed by atoms with Gasteiger partial charge in [0.2, 0.25) is 0 Å². The first kappa shape index (κ1) is 14.9. The number of hydrogen-bond donors (Lipinski definition) is 1. The number of ether oxygens (including phenoxy) is 1. The Morgan fingerprint density at radius 3 is 2.38 bits per heavy atom. The van der Waals surface area contributed by atoms with Crippen LogP contribution < -0.4 is 4.74 Å². The standard InChI is InChI=1S/C19H28O2/c1-14(2)15-9-5-6-10-16(15)21-18-13-17(20)19(18)11-7-3-4-8-12-19/h5-6,9-10,14,17-18,20H,3-4,7-8,11-13H2,1-2H3. The van der Waals surface area contributed by atoms with E-state index in [0.29, 0.717) is 5.92 Å². The fourth-order valence-corrected chi connectivity index (χ4v) is 4.15. The lowest BCUT2D eigenvalue weighted by molar-refractivity contribution is -0.163. The molecule has 3 rings (SSSR count). The molecule has 2 nitrogen and oxygen atoms in total. The van der Waals surface area contributed by atoms with E-state index in [4.69, 9.17) is 4.74 Å². The molecule has 0 radical (unpaired) electrons. The first-order chi connectivity index (χ1) is 10.1. The molecule has 0 amide bonds. The monoisotopic (exact) mass is 288 g/mol. The van der Waals surface area contributed by atoms with Gasteiger partial charge in [-0.3, -0.25) is 0 Å². The molecule has 2 aliphatic carbocycles. The molecule has 0 bridgehead atoms. The highest BCUT2D eigenvalue weighted by molar-refractivity contribution is 5.36. The van der Waals surface area contributed by atoms with Crippen molar-refractivity contribution in [1.82, 2.24) is 0 Å². The molecular formula is C19H28O2. The van der Waals surface area contributed by atoms with E-state index in [-0.39, 0.29) is 17.6 Å². The van der Waals surface area contributed by atoms with Crippen LogP contribution in [-0.2, 0) is 0 Å². The van der Waals surface area contributed by atoms with Crippen LogP contribution in [0.15, 0.2) is 24.3 Å². The Labute approximate surface area is 128 Å². The molecule has 0 heterocycles. The Bertz CT molecular complexity index is 472. The largest absolute Gasteiger partial charge is 0.489 e. The highest BCUT2D eigenvalue weighted by atomic mass is 16.5. The van der Waals surface area contributed by atoms with Crippen molar-refractivity contribution in [2.45, 2.75) is 76.9 Å². The van der Waals surface area contributed by atoms with Gasteiger partial charge in [-0.2, -0.15) is 0 Å². The maximum atomic E-state index is 10.4. The van der Waals surface area contributed by atoms with Gasteiger partial charge in [-0.25, -0.2) is 0 Å². The van der Waals surface area contributed by atoms with E-state index in [9.17, 15) is 5.11 Å². The summed E-state index contributed by atoms with van der Waals surface area (Å²) in [7, 11) is 0. The number of aliphatic hydroxyl groups excluding tert-OH is 1. The van der Waals surface area contributed by atoms with Gasteiger partial charge in [0.05, 0.1) is 6.10 Å². The second-order valence-corrected chi connectivity index (χ2v) is 7.20. The zero-order chi connectivity index (χ0) is 14.9. The van der Waals surface area contributed by atoms with Crippen LogP contribution in [0.25, 0.3) is 0 Å². The van der Waals surface area contributed by atoms with Crippen molar-refractivity contribution in [3.8, 4) is 5.75 Å². The van der Waals surface area contributed by atoms with E-state index in [2.05, 4.69) is 38.1 Å². The van der Waals surface area contributed by atoms with Gasteiger partial charge < -0.3 is 9.84 Å². The summed E-state index contributed by atoms with van der Waals surface area (Å²) < 4.78 is 6.40. The van der Waals surface area contributed by atoms with Gasteiger partial charge in [0.1, 0.15) is 11.9 Å². The van der Waals surface area contributed by atoms with Crippen LogP contribution in [0.3, 0.4) is 0 Å². The van der Waals surface area contributed by atoms with Gasteiger partial charge in [0.25, 0.3) is 0 Å². The molecule has 2 heteroatoms. The molecule has 1 N–H and O–H groups in total. The maximum Gasteiger partial charge on any atom is 0.123 e. The third-order valence-electron chi connectivity index (χ3n) is 5.59. The second kappa shape index (κ2) is 6.00. The number of aliphatic hydroxyl groups is 1. The Morgan fingerprint density at radius 1 is 1.10 bits per heavy atom. The minimum atomic E-state index is -0.160. The van der Waals surface area contributed by atoms with Crippen LogP contribution in [-0.4, -0.2) is 17.3 Å². The van der Waals surface area contributed by atoms with E-state index < -0.39 is 0 Å². The lowest BCUT2D eigenvalue weighted by Crippen LogP contribution is -2.59. The molecule has 0 aromatic heterocycles. The molecular weight excluding hydrogens is 260 g/mol. The maximum absolute atomic E-state index is 10.4. The zero-order valence-corrected chi connectivity index (χ0v) is 13.3. The molecule has 1 aromatic rings. The van der Waals surface area contributed by atoms with Gasteiger partial charge in [-0.15, -0.1) is 0 Å². The number of para-hydroxylation sites is 1. The zero-order valence-electron chi connectivity index (χ0n) is 13.3. The van der Waals surface area contributed by atoms with E-state index in [0.717, 1.165) is 25.0 Å². The van der Waals surface area contributed by atoms with Crippen molar-refractivity contribution in [3.05, 3.63) is 29.8 Å². The first-order valence-corrected chi connectivity index (χ1v) is 8.57. The van der Waals surface area contributed by atoms with Crippen LogP contribution in [0.5, 0.6) is 5.75 Å². The number of hydrogen-bond acceptors (Lipinski definition) is 2. The van der Waals surface area contributed by atoms with E-state index in [1.165, 1.54) is 31.2 Å². The Morgan fingerprint density at radius 2 is 1.76 bits per heavy atom. The molecule has 0 aliphatic heterocycles. The summed E-state index contributed by atoms with van der Waals surface area (Å²) in [6, 6.07) is 8.38. The number of rotatable bonds is 3. The smallest absolute Gasteiger partial charge is 0.123 e. The topological polar surface area (TPSA) is 29.5 Å². The second-order valence-electron chi connectivity index (χ2n) is 7.20. The molecule has 2 fully saturated rings. The van der Waals surface area contributed by atoms with E-state index >= 15 is 0 Å². The summed E-state index contributed by atoms with van der Waals surface area (Å²) in [6.07, 6.45) is 8.19. The predicted octanol–water partition coefficient (Wildman–Crippen LogP) is 4.66. The predicted molar refractivity (Wildman–Crippen MR) is 85.7 cm³/mol. The average Bonchev–Trinajstić information content (AvgIpc) is 2.75. The molecule has 2 aliphatic rings. The SMILES string of the molecule is CC(C)c1ccccc1OC1CC(O)C12CCCCCC2. The fourth-order valence-electron chi connectivity index (χ4n) is 4.15. The van der Waals surface area contributed by atoms with Crippen LogP contribution in [0, 0.1) is 5.41 Å². The lowest BCUT2D eigenvalue weighted by atomic mass is 9.59. The van der Waals surface area contributed by atoms with Gasteiger partial charge >= 0.3 is 0 Å². The molecule has 2 unspecified atom stereocenters. The summed E-state index contributed by atoms with van der Waals surface area (Å²) in [5, 5.41) is 10.4. The van der Waals surface area contributed by atoms with Crippen molar-refractivity contribution >= 4 is 0 Å². The van der Waals surface area contributed by atoms with Gasteiger partial charge in [-0.05, 0) is 30.4 Å². The number of benzene rings is 1. The summed E-state index contributed by atoms with van der Waals surface area (Å²) in [5.74, 6) is 1.49. The van der Waals surface area contributed by atoms with Crippen molar-refractivity contribution < 1.29 is 9.84 Å². The van der Waals surface area contributed by atoms with Crippen molar-refractivity contribution in [2.24, 2.45) is 5.41 Å². The Balaban J connectivity index is 1.79. The summed E-state index contributed by atoms with van der Waals surface area (Å²) in [5.41, 5.74) is 1.31. The van der Waals surface area contributed by atoms with Gasteiger partial charge in [-0.1, -0.05) is 57.7 Å². The normalized spacial score (nSPS) is 28.2. The molecule has 1 spiro atoms. The molecule has 2 atom stereocenters. The van der Waals surface area contributed by atoms with Crippen LogP contribution in [0.2, 0.25) is 0 Å². The molecule has 21 heavy (non-hydrogen) atoms. The lowest BCUT2D eigenvalue weighted by Gasteiger charge is -2.53. The van der Waals surface area contributed by atoms with Crippen LogP contribution >= 0.6 is 0 Å². The third-order valence-corrected chi connectivity index (χ3v) is 5.59. The minimum Gasteiger partial charge on any atom is -0.489 e. The molecule has 2 saturated carbocycles. The Kier molecular flexibility index (Phi) is 4.26. The molecule has 1 aromatic carbocycles. The van der Waals surface area contributed by atoms with Gasteiger partial charge in [0, 0.05) is 11.8 Å². The van der Waals surface area contributed by atoms with Crippen LogP contribution in [0.1, 0.15) is 70.3 Å². The highest BCUT2D eigenvalue weighted by Gasteiger charge is 2.55. The summed E-state index contributed by atoms with van der Waals surface area (Å²) in [6.45, 7) is 4.42. The quantitative estimate of drug-likeness (QED) is 0.876. The minimum absolute atomic E-state index is 0.0284. The van der Waals surface area contributed by atoms with Crippen molar-refractivity contribution in [3.63, 3.8) is 0 Å². The van der Waals surface area contributed by atoms with Crippen LogP contribution in [0.4, 0.5) is 0 Å². The van der Waals surface area contributed by atoms with E-state index in [1.54, 1.807) is 0 Å². The molecule has 116 valence electrons. The summed E-state index contributed by atoms with van der Waals surface area (Å²) >= 11 is 0. The van der Waals surface area contributed by atoms with Crippen molar-refractivity contribution in [1.29, 1.82) is 0 Å². The molecule has 0 saturated heterocycles. The highest BCUT2D eigenvalue weighted by Crippen LogP contribution is 2.52. The first-order valence-electron chi connectivity index (χ1n) is 8.57. The fraction of sp³-hybridized carbons (Fsp3) is 0.684.